The van der Waals surface area contributed by atoms with E-state index in [0.717, 1.165) is 11.1 Å². The number of rotatable bonds is 10. The summed E-state index contributed by atoms with van der Waals surface area (Å²) in [6.07, 6.45) is 0.435. The van der Waals surface area contributed by atoms with Crippen LogP contribution in [-0.2, 0) is 27.8 Å². The van der Waals surface area contributed by atoms with Crippen molar-refractivity contribution >= 4 is 27.3 Å². The molecule has 3 rings (SSSR count). The number of thiophene rings is 1. The molecule has 10 heteroatoms. The fourth-order valence-electron chi connectivity index (χ4n) is 2.36. The summed E-state index contributed by atoms with van der Waals surface area (Å²) in [7, 11) is -3.47. The number of carbonyl (C=O) groups is 1. The first-order valence-electron chi connectivity index (χ1n) is 8.65. The van der Waals surface area contributed by atoms with Crippen molar-refractivity contribution in [3.05, 3.63) is 58.6 Å². The molecule has 0 aliphatic rings. The van der Waals surface area contributed by atoms with Gasteiger partial charge in [-0.1, -0.05) is 35.5 Å². The second kappa shape index (κ2) is 9.58. The van der Waals surface area contributed by atoms with E-state index in [1.54, 1.807) is 0 Å². The molecule has 0 fully saturated rings. The molecule has 8 nitrogen and oxygen atoms in total. The minimum Gasteiger partial charge on any atom is -0.355 e. The Bertz CT molecular complexity index is 986. The van der Waals surface area contributed by atoms with Crippen molar-refractivity contribution in [3.63, 3.8) is 0 Å². The summed E-state index contributed by atoms with van der Waals surface area (Å²) in [5.41, 5.74) is 1.74. The van der Waals surface area contributed by atoms with Gasteiger partial charge in [-0.3, -0.25) is 4.79 Å². The maximum absolute atomic E-state index is 12.0. The minimum atomic E-state index is -3.47. The molecular weight excluding hydrogens is 400 g/mol. The van der Waals surface area contributed by atoms with Crippen molar-refractivity contribution in [1.82, 2.24) is 20.2 Å². The molecule has 0 saturated carbocycles. The van der Waals surface area contributed by atoms with Gasteiger partial charge in [0, 0.05) is 36.9 Å². The van der Waals surface area contributed by atoms with Gasteiger partial charge in [0.25, 0.3) is 0 Å². The number of sulfonamides is 1. The van der Waals surface area contributed by atoms with Crippen LogP contribution in [0.3, 0.4) is 0 Å². The Morgan fingerprint density at radius 3 is 2.75 bits per heavy atom. The van der Waals surface area contributed by atoms with Crippen molar-refractivity contribution in [1.29, 1.82) is 0 Å². The number of nitrogens with zero attached hydrogens (tertiary/aromatic N) is 2. The Balaban J connectivity index is 1.36. The Hall–Kier alpha value is -2.56. The molecule has 0 saturated heterocycles. The number of nitrogens with one attached hydrogen (secondary N) is 2. The second-order valence-electron chi connectivity index (χ2n) is 6.00. The molecule has 0 unspecified atom stereocenters. The highest BCUT2D eigenvalue weighted by Gasteiger charge is 2.13. The van der Waals surface area contributed by atoms with Gasteiger partial charge in [0.05, 0.1) is 5.75 Å². The molecule has 0 spiro atoms. The molecule has 2 aromatic heterocycles. The Morgan fingerprint density at radius 1 is 1.18 bits per heavy atom. The van der Waals surface area contributed by atoms with Crippen LogP contribution in [0.1, 0.15) is 17.9 Å². The van der Waals surface area contributed by atoms with Crippen LogP contribution in [0.25, 0.3) is 11.4 Å². The molecular formula is C18H20N4O4S2. The normalized spacial score (nSPS) is 11.4. The van der Waals surface area contributed by atoms with E-state index in [1.807, 2.05) is 47.2 Å². The van der Waals surface area contributed by atoms with Crippen molar-refractivity contribution in [3.8, 4) is 11.4 Å². The summed E-state index contributed by atoms with van der Waals surface area (Å²) < 4.78 is 31.6. The summed E-state index contributed by atoms with van der Waals surface area (Å²) in [4.78, 5) is 16.1. The first kappa shape index (κ1) is 20.2. The van der Waals surface area contributed by atoms with E-state index in [4.69, 9.17) is 4.52 Å². The van der Waals surface area contributed by atoms with Crippen LogP contribution in [0, 0.1) is 0 Å². The third-order valence-corrected chi connectivity index (χ3v) is 5.85. The van der Waals surface area contributed by atoms with E-state index in [9.17, 15) is 13.2 Å². The lowest BCUT2D eigenvalue weighted by Crippen LogP contribution is -2.34. The van der Waals surface area contributed by atoms with E-state index < -0.39 is 10.0 Å². The minimum absolute atomic E-state index is 0.0347. The summed E-state index contributed by atoms with van der Waals surface area (Å²) in [6.45, 7) is 0.258. The van der Waals surface area contributed by atoms with Gasteiger partial charge in [-0.15, -0.1) is 0 Å². The predicted molar refractivity (Wildman–Crippen MR) is 106 cm³/mol. The lowest BCUT2D eigenvalue weighted by atomic mass is 10.2. The number of hydrogen-bond donors (Lipinski definition) is 2. The van der Waals surface area contributed by atoms with E-state index in [0.29, 0.717) is 18.1 Å². The van der Waals surface area contributed by atoms with Crippen LogP contribution < -0.4 is 10.0 Å². The van der Waals surface area contributed by atoms with Gasteiger partial charge in [-0.05, 0) is 17.0 Å². The molecule has 0 aliphatic heterocycles. The maximum atomic E-state index is 12.0. The molecule has 1 amide bonds. The number of hydrogen-bond acceptors (Lipinski definition) is 7. The highest BCUT2D eigenvalue weighted by Crippen LogP contribution is 2.18. The van der Waals surface area contributed by atoms with E-state index in [1.165, 1.54) is 11.3 Å². The van der Waals surface area contributed by atoms with Gasteiger partial charge in [-0.25, -0.2) is 13.1 Å². The molecule has 2 N–H and O–H groups in total. The van der Waals surface area contributed by atoms with Crippen LogP contribution in [-0.4, -0.2) is 36.8 Å². The van der Waals surface area contributed by atoms with Crippen LogP contribution >= 0.6 is 11.3 Å². The van der Waals surface area contributed by atoms with Crippen molar-refractivity contribution in [2.24, 2.45) is 0 Å². The molecule has 0 aliphatic carbocycles. The van der Waals surface area contributed by atoms with Gasteiger partial charge in [0.1, 0.15) is 0 Å². The molecule has 1 aromatic carbocycles. The lowest BCUT2D eigenvalue weighted by Gasteiger charge is -2.08. The molecule has 2 heterocycles. The Labute approximate surface area is 167 Å². The second-order valence-corrected chi connectivity index (χ2v) is 8.71. The smallest absolute Gasteiger partial charge is 0.227 e. The van der Waals surface area contributed by atoms with Gasteiger partial charge in [0.2, 0.25) is 27.6 Å². The molecule has 0 radical (unpaired) electrons. The van der Waals surface area contributed by atoms with Crippen molar-refractivity contribution in [2.75, 3.05) is 12.3 Å². The summed E-state index contributed by atoms with van der Waals surface area (Å²) >= 11 is 1.54. The lowest BCUT2D eigenvalue weighted by molar-refractivity contribution is -0.121. The molecule has 0 atom stereocenters. The summed E-state index contributed by atoms with van der Waals surface area (Å²) in [5.74, 6) is 0.406. The maximum Gasteiger partial charge on any atom is 0.227 e. The topological polar surface area (TPSA) is 114 Å². The number of aromatic nitrogens is 2. The SMILES string of the molecule is O=C(CCc1nc(-c2ccsc2)no1)NCCS(=O)(=O)NCc1ccccc1. The molecule has 148 valence electrons. The molecule has 3 aromatic rings. The first-order chi connectivity index (χ1) is 13.5. The third kappa shape index (κ3) is 6.25. The molecule has 0 bridgehead atoms. The van der Waals surface area contributed by atoms with Crippen LogP contribution in [0.15, 0.2) is 51.7 Å². The monoisotopic (exact) mass is 420 g/mol. The van der Waals surface area contributed by atoms with E-state index in [-0.39, 0.29) is 31.2 Å². The average molecular weight is 421 g/mol. The van der Waals surface area contributed by atoms with Crippen LogP contribution in [0.4, 0.5) is 0 Å². The quantitative estimate of drug-likeness (QED) is 0.518. The fraction of sp³-hybridized carbons (Fsp3) is 0.278. The molecule has 28 heavy (non-hydrogen) atoms. The van der Waals surface area contributed by atoms with Gasteiger partial charge in [0.15, 0.2) is 0 Å². The number of carbonyl (C=O) groups excluding carboxylic acids is 1. The number of aryl methyl sites for hydroxylation is 1. The summed E-state index contributed by atoms with van der Waals surface area (Å²) in [5, 5.41) is 10.3. The zero-order chi connectivity index (χ0) is 19.8. The van der Waals surface area contributed by atoms with E-state index in [2.05, 4.69) is 20.2 Å². The van der Waals surface area contributed by atoms with Gasteiger partial charge < -0.3 is 9.84 Å². The fourth-order valence-corrected chi connectivity index (χ4v) is 3.90. The zero-order valence-corrected chi connectivity index (χ0v) is 16.6. The highest BCUT2D eigenvalue weighted by atomic mass is 32.2. The van der Waals surface area contributed by atoms with Gasteiger partial charge >= 0.3 is 0 Å². The highest BCUT2D eigenvalue weighted by molar-refractivity contribution is 7.89. The third-order valence-electron chi connectivity index (χ3n) is 3.85. The Morgan fingerprint density at radius 2 is 2.00 bits per heavy atom. The number of amides is 1. The zero-order valence-electron chi connectivity index (χ0n) is 15.0. The Kier molecular flexibility index (Phi) is 6.90. The standard InChI is InChI=1S/C18H20N4O4S2/c23-16(6-7-17-21-18(22-26-17)15-8-10-27-13-15)19-9-11-28(24,25)20-12-14-4-2-1-3-5-14/h1-5,8,10,13,20H,6-7,9,11-12H2,(H,19,23). The average Bonchev–Trinajstić information content (AvgIpc) is 3.37. The van der Waals surface area contributed by atoms with Crippen molar-refractivity contribution < 1.29 is 17.7 Å². The van der Waals surface area contributed by atoms with Crippen LogP contribution in [0.2, 0.25) is 0 Å². The van der Waals surface area contributed by atoms with E-state index >= 15 is 0 Å². The predicted octanol–water partition coefficient (Wildman–Crippen LogP) is 1.97. The number of benzene rings is 1. The first-order valence-corrected chi connectivity index (χ1v) is 11.2. The largest absolute Gasteiger partial charge is 0.355 e. The van der Waals surface area contributed by atoms with Gasteiger partial charge in [-0.2, -0.15) is 16.3 Å². The summed E-state index contributed by atoms with van der Waals surface area (Å²) in [6, 6.07) is 11.1. The van der Waals surface area contributed by atoms with Crippen LogP contribution in [0.5, 0.6) is 0 Å². The van der Waals surface area contributed by atoms with Crippen molar-refractivity contribution in [2.45, 2.75) is 19.4 Å².